The molecule has 0 saturated carbocycles. The SMILES string of the molecule is CN=C(NCCCS(=O)(=O)c1ccccc1)NCC(=O)NC(C)(C)C. The molecule has 7 nitrogen and oxygen atoms in total. The van der Waals surface area contributed by atoms with Crippen molar-refractivity contribution in [1.82, 2.24) is 16.0 Å². The van der Waals surface area contributed by atoms with Crippen LogP contribution in [0.15, 0.2) is 40.2 Å². The Morgan fingerprint density at radius 2 is 1.76 bits per heavy atom. The highest BCUT2D eigenvalue weighted by molar-refractivity contribution is 7.91. The van der Waals surface area contributed by atoms with Crippen molar-refractivity contribution in [1.29, 1.82) is 0 Å². The van der Waals surface area contributed by atoms with Crippen LogP contribution in [-0.2, 0) is 14.6 Å². The summed E-state index contributed by atoms with van der Waals surface area (Å²) < 4.78 is 24.3. The second-order valence-electron chi connectivity index (χ2n) is 6.64. The number of rotatable bonds is 7. The van der Waals surface area contributed by atoms with E-state index in [0.717, 1.165) is 0 Å². The zero-order valence-corrected chi connectivity index (χ0v) is 16.1. The molecule has 0 bridgehead atoms. The largest absolute Gasteiger partial charge is 0.356 e. The van der Waals surface area contributed by atoms with Crippen LogP contribution in [0.2, 0.25) is 0 Å². The van der Waals surface area contributed by atoms with Gasteiger partial charge < -0.3 is 16.0 Å². The van der Waals surface area contributed by atoms with Gasteiger partial charge in [-0.25, -0.2) is 8.42 Å². The first-order valence-corrected chi connectivity index (χ1v) is 9.82. The van der Waals surface area contributed by atoms with Gasteiger partial charge in [0, 0.05) is 19.1 Å². The lowest BCUT2D eigenvalue weighted by molar-refractivity contribution is -0.121. The third kappa shape index (κ3) is 8.53. The van der Waals surface area contributed by atoms with Crippen LogP contribution in [0.3, 0.4) is 0 Å². The summed E-state index contributed by atoms with van der Waals surface area (Å²) in [5.74, 6) is 0.370. The Morgan fingerprint density at radius 1 is 1.12 bits per heavy atom. The maximum absolute atomic E-state index is 12.2. The Kier molecular flexibility index (Phi) is 7.89. The van der Waals surface area contributed by atoms with Gasteiger partial charge in [-0.15, -0.1) is 0 Å². The quantitative estimate of drug-likeness (QED) is 0.378. The van der Waals surface area contributed by atoms with Crippen LogP contribution in [0.5, 0.6) is 0 Å². The molecule has 140 valence electrons. The molecule has 0 fully saturated rings. The zero-order chi connectivity index (χ0) is 18.9. The molecule has 0 saturated heterocycles. The van der Waals surface area contributed by atoms with Crippen LogP contribution in [0.4, 0.5) is 0 Å². The van der Waals surface area contributed by atoms with Crippen molar-refractivity contribution in [3.63, 3.8) is 0 Å². The van der Waals surface area contributed by atoms with E-state index in [1.807, 2.05) is 20.8 Å². The van der Waals surface area contributed by atoms with Crippen molar-refractivity contribution in [2.75, 3.05) is 25.9 Å². The number of sulfone groups is 1. The Morgan fingerprint density at radius 3 is 2.32 bits per heavy atom. The van der Waals surface area contributed by atoms with Crippen molar-refractivity contribution < 1.29 is 13.2 Å². The smallest absolute Gasteiger partial charge is 0.239 e. The van der Waals surface area contributed by atoms with Crippen LogP contribution in [0, 0.1) is 0 Å². The Bertz CT molecular complexity index is 680. The fraction of sp³-hybridized carbons (Fsp3) is 0.529. The fourth-order valence-corrected chi connectivity index (χ4v) is 3.39. The molecule has 1 rings (SSSR count). The summed E-state index contributed by atoms with van der Waals surface area (Å²) >= 11 is 0. The molecule has 0 unspecified atom stereocenters. The molecule has 0 aliphatic carbocycles. The number of hydrogen-bond donors (Lipinski definition) is 3. The van der Waals surface area contributed by atoms with Gasteiger partial charge in [0.05, 0.1) is 17.2 Å². The summed E-state index contributed by atoms with van der Waals surface area (Å²) in [6.45, 7) is 6.26. The van der Waals surface area contributed by atoms with Crippen LogP contribution < -0.4 is 16.0 Å². The van der Waals surface area contributed by atoms with Gasteiger partial charge in [0.15, 0.2) is 15.8 Å². The topological polar surface area (TPSA) is 99.7 Å². The molecule has 25 heavy (non-hydrogen) atoms. The van der Waals surface area contributed by atoms with Crippen LogP contribution >= 0.6 is 0 Å². The zero-order valence-electron chi connectivity index (χ0n) is 15.3. The van der Waals surface area contributed by atoms with E-state index in [9.17, 15) is 13.2 Å². The number of benzene rings is 1. The maximum atomic E-state index is 12.2. The summed E-state index contributed by atoms with van der Waals surface area (Å²) in [4.78, 5) is 16.1. The molecule has 0 aliphatic heterocycles. The molecular formula is C17H28N4O3S. The molecule has 0 atom stereocenters. The standard InChI is InChI=1S/C17H28N4O3S/c1-17(2,3)21-15(22)13-20-16(18-4)19-11-8-12-25(23,24)14-9-6-5-7-10-14/h5-7,9-10H,8,11-13H2,1-4H3,(H,21,22)(H2,18,19,20). The molecular weight excluding hydrogens is 340 g/mol. The van der Waals surface area contributed by atoms with Crippen molar-refractivity contribution in [2.24, 2.45) is 4.99 Å². The molecule has 0 heterocycles. The molecule has 0 aromatic heterocycles. The Hall–Kier alpha value is -2.09. The van der Waals surface area contributed by atoms with Crippen LogP contribution in [0.25, 0.3) is 0 Å². The number of nitrogens with zero attached hydrogens (tertiary/aromatic N) is 1. The third-order valence-electron chi connectivity index (χ3n) is 3.14. The number of nitrogens with one attached hydrogen (secondary N) is 3. The molecule has 8 heteroatoms. The van der Waals surface area contributed by atoms with E-state index in [1.54, 1.807) is 37.4 Å². The predicted molar refractivity (Wildman–Crippen MR) is 100 cm³/mol. The average Bonchev–Trinajstić information content (AvgIpc) is 2.53. The molecule has 0 aliphatic rings. The van der Waals surface area contributed by atoms with Gasteiger partial charge in [0.2, 0.25) is 5.91 Å². The molecule has 1 aromatic carbocycles. The van der Waals surface area contributed by atoms with Crippen LogP contribution in [-0.4, -0.2) is 51.7 Å². The van der Waals surface area contributed by atoms with Crippen molar-refractivity contribution >= 4 is 21.7 Å². The highest BCUT2D eigenvalue weighted by Crippen LogP contribution is 2.10. The van der Waals surface area contributed by atoms with E-state index in [4.69, 9.17) is 0 Å². The third-order valence-corrected chi connectivity index (χ3v) is 4.96. The first kappa shape index (κ1) is 21.0. The van der Waals surface area contributed by atoms with Gasteiger partial charge in [-0.3, -0.25) is 9.79 Å². The maximum Gasteiger partial charge on any atom is 0.239 e. The van der Waals surface area contributed by atoms with E-state index < -0.39 is 9.84 Å². The lowest BCUT2D eigenvalue weighted by Gasteiger charge is -2.21. The van der Waals surface area contributed by atoms with Gasteiger partial charge >= 0.3 is 0 Å². The summed E-state index contributed by atoms with van der Waals surface area (Å²) in [5.41, 5.74) is -0.290. The molecule has 1 amide bonds. The van der Waals surface area contributed by atoms with Crippen molar-refractivity contribution in [3.8, 4) is 0 Å². The van der Waals surface area contributed by atoms with Gasteiger partial charge in [-0.1, -0.05) is 18.2 Å². The molecule has 1 aromatic rings. The van der Waals surface area contributed by atoms with Gasteiger partial charge in [0.25, 0.3) is 0 Å². The summed E-state index contributed by atoms with van der Waals surface area (Å²) in [6.07, 6.45) is 0.437. The van der Waals surface area contributed by atoms with Gasteiger partial charge in [0.1, 0.15) is 0 Å². The van der Waals surface area contributed by atoms with E-state index in [1.165, 1.54) is 0 Å². The first-order chi connectivity index (χ1) is 11.6. The number of amides is 1. The second-order valence-corrected chi connectivity index (χ2v) is 8.75. The van der Waals surface area contributed by atoms with E-state index in [0.29, 0.717) is 23.8 Å². The number of carbonyl (C=O) groups is 1. The molecule has 3 N–H and O–H groups in total. The lowest BCUT2D eigenvalue weighted by Crippen LogP contribution is -2.48. The summed E-state index contributed by atoms with van der Waals surface area (Å²) in [6, 6.07) is 8.39. The number of aliphatic imine (C=N–C) groups is 1. The Balaban J connectivity index is 2.35. The lowest BCUT2D eigenvalue weighted by atomic mass is 10.1. The molecule has 0 radical (unpaired) electrons. The predicted octanol–water partition coefficient (Wildman–Crippen LogP) is 0.930. The highest BCUT2D eigenvalue weighted by atomic mass is 32.2. The second kappa shape index (κ2) is 9.41. The van der Waals surface area contributed by atoms with E-state index >= 15 is 0 Å². The van der Waals surface area contributed by atoms with Crippen molar-refractivity contribution in [2.45, 2.75) is 37.6 Å². The van der Waals surface area contributed by atoms with Gasteiger partial charge in [-0.05, 0) is 39.3 Å². The van der Waals surface area contributed by atoms with E-state index in [2.05, 4.69) is 20.9 Å². The summed E-state index contributed by atoms with van der Waals surface area (Å²) in [7, 11) is -1.68. The number of guanidine groups is 1. The minimum Gasteiger partial charge on any atom is -0.356 e. The van der Waals surface area contributed by atoms with Gasteiger partial charge in [-0.2, -0.15) is 0 Å². The van der Waals surface area contributed by atoms with Crippen LogP contribution in [0.1, 0.15) is 27.2 Å². The average molecular weight is 369 g/mol. The molecule has 0 spiro atoms. The number of hydrogen-bond acceptors (Lipinski definition) is 4. The fourth-order valence-electron chi connectivity index (χ4n) is 2.06. The minimum atomic E-state index is -3.28. The van der Waals surface area contributed by atoms with Crippen molar-refractivity contribution in [3.05, 3.63) is 30.3 Å². The number of carbonyl (C=O) groups excluding carboxylic acids is 1. The van der Waals surface area contributed by atoms with E-state index in [-0.39, 0.29) is 23.7 Å². The Labute approximate surface area is 150 Å². The highest BCUT2D eigenvalue weighted by Gasteiger charge is 2.14. The monoisotopic (exact) mass is 368 g/mol. The minimum absolute atomic E-state index is 0.0471. The first-order valence-electron chi connectivity index (χ1n) is 8.17. The normalized spacial score (nSPS) is 12.6. The summed E-state index contributed by atoms with van der Waals surface area (Å²) in [5, 5.41) is 8.75.